The van der Waals surface area contributed by atoms with E-state index in [4.69, 9.17) is 16.3 Å². The number of hydrogen-bond donors (Lipinski definition) is 0. The number of benzene rings is 1. The summed E-state index contributed by atoms with van der Waals surface area (Å²) < 4.78 is 80.0. The molecule has 8 heteroatoms. The molecule has 0 N–H and O–H groups in total. The van der Waals surface area contributed by atoms with Gasteiger partial charge < -0.3 is 4.74 Å². The van der Waals surface area contributed by atoms with E-state index in [1.54, 1.807) is 0 Å². The van der Waals surface area contributed by atoms with Crippen LogP contribution in [0.1, 0.15) is 11.1 Å². The predicted molar refractivity (Wildman–Crippen MR) is 61.8 cm³/mol. The maximum absolute atomic E-state index is 12.5. The zero-order chi connectivity index (χ0) is 15.4. The highest BCUT2D eigenvalue weighted by Gasteiger charge is 2.37. The van der Waals surface area contributed by atoms with Gasteiger partial charge in [-0.25, -0.2) is 0 Å². The van der Waals surface area contributed by atoms with Crippen molar-refractivity contribution in [3.63, 3.8) is 0 Å². The van der Waals surface area contributed by atoms with Gasteiger partial charge in [0.1, 0.15) is 12.4 Å². The molecule has 1 nitrogen and oxygen atoms in total. The average molecular weight is 319 g/mol. The molecule has 0 spiro atoms. The van der Waals surface area contributed by atoms with Crippen LogP contribution in [0.5, 0.6) is 5.75 Å². The maximum Gasteiger partial charge on any atom is 0.416 e. The van der Waals surface area contributed by atoms with Crippen LogP contribution in [0.15, 0.2) is 30.4 Å². The number of halogens is 7. The van der Waals surface area contributed by atoms with Crippen LogP contribution in [-0.2, 0) is 12.4 Å². The Morgan fingerprint density at radius 2 is 1.40 bits per heavy atom. The first kappa shape index (κ1) is 16.7. The summed E-state index contributed by atoms with van der Waals surface area (Å²) in [6.45, 7) is -0.175. The average Bonchev–Trinajstić information content (AvgIpc) is 2.32. The Kier molecular flexibility index (Phi) is 5.33. The summed E-state index contributed by atoms with van der Waals surface area (Å²) in [5, 5.41) is 0. The van der Waals surface area contributed by atoms with Gasteiger partial charge in [-0.05, 0) is 18.2 Å². The van der Waals surface area contributed by atoms with E-state index in [9.17, 15) is 26.3 Å². The second-order valence-electron chi connectivity index (χ2n) is 3.68. The van der Waals surface area contributed by atoms with Crippen molar-refractivity contribution in [2.45, 2.75) is 12.4 Å². The van der Waals surface area contributed by atoms with Crippen LogP contribution >= 0.6 is 11.6 Å². The second kappa shape index (κ2) is 6.39. The number of rotatable bonds is 4. The highest BCUT2D eigenvalue weighted by molar-refractivity contribution is 6.18. The molecule has 1 aromatic rings. The van der Waals surface area contributed by atoms with Crippen molar-refractivity contribution in [1.29, 1.82) is 0 Å². The summed E-state index contributed by atoms with van der Waals surface area (Å²) in [7, 11) is 0. The molecule has 0 heterocycles. The fraction of sp³-hybridized carbons (Fsp3) is 0.333. The van der Waals surface area contributed by atoms with E-state index in [2.05, 4.69) is 0 Å². The quantitative estimate of drug-likeness (QED) is 0.436. The molecule has 1 rings (SSSR count). The summed E-state index contributed by atoms with van der Waals surface area (Å²) in [6, 6.07) is 1.08. The van der Waals surface area contributed by atoms with Crippen LogP contribution in [0, 0.1) is 0 Å². The summed E-state index contributed by atoms with van der Waals surface area (Å²) in [4.78, 5) is 0. The van der Waals surface area contributed by atoms with E-state index in [-0.39, 0.29) is 18.6 Å². The van der Waals surface area contributed by atoms with E-state index in [0.717, 1.165) is 0 Å². The first-order valence-corrected chi connectivity index (χ1v) is 5.81. The number of hydrogen-bond acceptors (Lipinski definition) is 1. The molecular weight excluding hydrogens is 310 g/mol. The summed E-state index contributed by atoms with van der Waals surface area (Å²) >= 11 is 5.31. The lowest BCUT2D eigenvalue weighted by Crippen LogP contribution is -2.11. The lowest BCUT2D eigenvalue weighted by molar-refractivity contribution is -0.143. The lowest BCUT2D eigenvalue weighted by Gasteiger charge is -2.14. The standard InChI is InChI=1S/C12H9ClF6O/c13-3-1-2-4-20-10-6-8(11(14,15)16)5-9(7-10)12(17,18)19/h1-2,5-7H,3-4H2. The summed E-state index contributed by atoms with van der Waals surface area (Å²) in [6.07, 6.45) is -6.92. The molecule has 0 saturated heterocycles. The van der Waals surface area contributed by atoms with Crippen LogP contribution in [-0.4, -0.2) is 12.5 Å². The number of allylic oxidation sites excluding steroid dienone is 1. The molecule has 0 aliphatic rings. The first-order valence-electron chi connectivity index (χ1n) is 5.28. The van der Waals surface area contributed by atoms with Gasteiger partial charge in [0.15, 0.2) is 0 Å². The van der Waals surface area contributed by atoms with E-state index in [0.29, 0.717) is 12.1 Å². The molecule has 0 aromatic heterocycles. The smallest absolute Gasteiger partial charge is 0.416 e. The highest BCUT2D eigenvalue weighted by Crippen LogP contribution is 2.38. The van der Waals surface area contributed by atoms with E-state index < -0.39 is 29.2 Å². The molecule has 0 radical (unpaired) electrons. The number of ether oxygens (including phenoxy) is 1. The molecule has 0 bridgehead atoms. The second-order valence-corrected chi connectivity index (χ2v) is 3.99. The van der Waals surface area contributed by atoms with Crippen LogP contribution in [0.2, 0.25) is 0 Å². The van der Waals surface area contributed by atoms with Crippen molar-refractivity contribution < 1.29 is 31.1 Å². The van der Waals surface area contributed by atoms with E-state index in [1.165, 1.54) is 12.2 Å². The lowest BCUT2D eigenvalue weighted by atomic mass is 10.1. The molecule has 20 heavy (non-hydrogen) atoms. The SMILES string of the molecule is FC(F)(F)c1cc(OCC=CCCl)cc(C(F)(F)F)c1. The van der Waals surface area contributed by atoms with Crippen LogP contribution in [0.4, 0.5) is 26.3 Å². The molecule has 112 valence electrons. The first-order chi connectivity index (χ1) is 9.14. The van der Waals surface area contributed by atoms with Crippen molar-refractivity contribution in [3.8, 4) is 5.75 Å². The normalized spacial score (nSPS) is 12.9. The summed E-state index contributed by atoms with van der Waals surface area (Å²) in [5.41, 5.74) is -2.83. The third-order valence-electron chi connectivity index (χ3n) is 2.16. The van der Waals surface area contributed by atoms with Gasteiger partial charge in [0, 0.05) is 5.88 Å². The molecule has 0 atom stereocenters. The van der Waals surface area contributed by atoms with Crippen molar-refractivity contribution >= 4 is 11.6 Å². The fourth-order valence-electron chi connectivity index (χ4n) is 1.29. The molecule has 0 aliphatic heterocycles. The Morgan fingerprint density at radius 1 is 0.900 bits per heavy atom. The molecule has 0 saturated carbocycles. The third-order valence-corrected chi connectivity index (χ3v) is 2.34. The number of alkyl halides is 7. The van der Waals surface area contributed by atoms with Crippen LogP contribution in [0.25, 0.3) is 0 Å². The third kappa shape index (κ3) is 4.96. The van der Waals surface area contributed by atoms with Gasteiger partial charge in [-0.1, -0.05) is 12.2 Å². The Morgan fingerprint density at radius 3 is 1.80 bits per heavy atom. The maximum atomic E-state index is 12.5. The van der Waals surface area contributed by atoms with Crippen molar-refractivity contribution in [3.05, 3.63) is 41.5 Å². The zero-order valence-corrected chi connectivity index (χ0v) is 10.6. The van der Waals surface area contributed by atoms with Crippen LogP contribution < -0.4 is 4.74 Å². The van der Waals surface area contributed by atoms with Crippen molar-refractivity contribution in [1.82, 2.24) is 0 Å². The van der Waals surface area contributed by atoms with Crippen molar-refractivity contribution in [2.75, 3.05) is 12.5 Å². The Balaban J connectivity index is 3.08. The van der Waals surface area contributed by atoms with Crippen molar-refractivity contribution in [2.24, 2.45) is 0 Å². The monoisotopic (exact) mass is 318 g/mol. The minimum Gasteiger partial charge on any atom is -0.490 e. The fourth-order valence-corrected chi connectivity index (χ4v) is 1.41. The van der Waals surface area contributed by atoms with E-state index in [1.807, 2.05) is 0 Å². The van der Waals surface area contributed by atoms with Gasteiger partial charge in [-0.15, -0.1) is 11.6 Å². The Hall–Kier alpha value is -1.37. The van der Waals surface area contributed by atoms with E-state index >= 15 is 0 Å². The van der Waals surface area contributed by atoms with Gasteiger partial charge >= 0.3 is 12.4 Å². The van der Waals surface area contributed by atoms with Crippen LogP contribution in [0.3, 0.4) is 0 Å². The molecule has 1 aromatic carbocycles. The molecule has 0 aliphatic carbocycles. The van der Waals surface area contributed by atoms with Gasteiger partial charge in [0.2, 0.25) is 0 Å². The molecule has 0 unspecified atom stereocenters. The Labute approximate surface area is 115 Å². The van der Waals surface area contributed by atoms with Gasteiger partial charge in [0.25, 0.3) is 0 Å². The molecular formula is C12H9ClF6O. The van der Waals surface area contributed by atoms with Gasteiger partial charge in [-0.3, -0.25) is 0 Å². The highest BCUT2D eigenvalue weighted by atomic mass is 35.5. The summed E-state index contributed by atoms with van der Waals surface area (Å²) in [5.74, 6) is -0.342. The Bertz CT molecular complexity index is 446. The van der Waals surface area contributed by atoms with Gasteiger partial charge in [-0.2, -0.15) is 26.3 Å². The largest absolute Gasteiger partial charge is 0.490 e. The minimum atomic E-state index is -4.88. The molecule has 0 fully saturated rings. The predicted octanol–water partition coefficient (Wildman–Crippen LogP) is 4.90. The zero-order valence-electron chi connectivity index (χ0n) is 9.85. The minimum absolute atomic E-state index is 0.0431. The molecule has 0 amide bonds. The van der Waals surface area contributed by atoms with Gasteiger partial charge in [0.05, 0.1) is 11.1 Å². The topological polar surface area (TPSA) is 9.23 Å².